The molecule has 0 radical (unpaired) electrons. The van der Waals surface area contributed by atoms with Crippen molar-refractivity contribution < 1.29 is 13.5 Å². The molecule has 1 N–H and O–H groups in total. The Morgan fingerprint density at radius 3 is 2.50 bits per heavy atom. The summed E-state index contributed by atoms with van der Waals surface area (Å²) in [5, 5.41) is 3.18. The van der Waals surface area contributed by atoms with Gasteiger partial charge in [0.05, 0.1) is 10.7 Å². The van der Waals surface area contributed by atoms with Gasteiger partial charge in [-0.2, -0.15) is 8.78 Å². The van der Waals surface area contributed by atoms with E-state index < -0.39 is 6.61 Å². The lowest BCUT2D eigenvalue weighted by atomic mass is 10.1. The van der Waals surface area contributed by atoms with E-state index in [0.29, 0.717) is 11.4 Å². The van der Waals surface area contributed by atoms with Crippen molar-refractivity contribution in [2.75, 3.05) is 5.32 Å². The van der Waals surface area contributed by atoms with Crippen LogP contribution in [0.3, 0.4) is 0 Å². The number of thiocarbonyl (C=S) groups is 1. The largest absolute Gasteiger partial charge is 0.435 e. The van der Waals surface area contributed by atoms with Crippen molar-refractivity contribution in [3.8, 4) is 5.75 Å². The van der Waals surface area contributed by atoms with Crippen molar-refractivity contribution in [3.63, 3.8) is 0 Å². The van der Waals surface area contributed by atoms with E-state index in [1.165, 1.54) is 12.1 Å². The quantitative estimate of drug-likeness (QED) is 0.427. The van der Waals surface area contributed by atoms with Crippen LogP contribution >= 0.6 is 50.7 Å². The highest BCUT2D eigenvalue weighted by Gasteiger charge is 2.06. The van der Waals surface area contributed by atoms with Crippen LogP contribution in [0.25, 0.3) is 0 Å². The predicted molar refractivity (Wildman–Crippen MR) is 99.9 cm³/mol. The fourth-order valence-corrected chi connectivity index (χ4v) is 3.48. The summed E-state index contributed by atoms with van der Waals surface area (Å²) in [6.45, 7) is -2.81. The smallest absolute Gasteiger partial charge is 0.387 e. The summed E-state index contributed by atoms with van der Waals surface area (Å²) in [5.74, 6) is 0.139. The fourth-order valence-electron chi connectivity index (χ4n) is 1.76. The van der Waals surface area contributed by atoms with E-state index in [4.69, 9.17) is 12.2 Å². The molecule has 0 heterocycles. The Kier molecular flexibility index (Phi) is 6.51. The number of ether oxygens (including phenoxy) is 1. The van der Waals surface area contributed by atoms with Gasteiger partial charge in [-0.1, -0.05) is 40.3 Å². The molecule has 2 nitrogen and oxygen atoms in total. The van der Waals surface area contributed by atoms with Crippen molar-refractivity contribution in [2.24, 2.45) is 0 Å². The molecule has 0 unspecified atom stereocenters. The molecule has 0 atom stereocenters. The van der Waals surface area contributed by atoms with Gasteiger partial charge in [-0.25, -0.2) is 0 Å². The lowest BCUT2D eigenvalue weighted by Crippen LogP contribution is -2.13. The molecule has 0 aliphatic heterocycles. The molecule has 2 rings (SSSR count). The van der Waals surface area contributed by atoms with Crippen LogP contribution in [0, 0.1) is 3.57 Å². The highest BCUT2D eigenvalue weighted by atomic mass is 127. The summed E-state index contributed by atoms with van der Waals surface area (Å²) < 4.78 is 30.5. The Morgan fingerprint density at radius 2 is 1.91 bits per heavy atom. The van der Waals surface area contributed by atoms with E-state index in [2.05, 4.69) is 48.6 Å². The van der Waals surface area contributed by atoms with E-state index in [-0.39, 0.29) is 5.75 Å². The van der Waals surface area contributed by atoms with Gasteiger partial charge in [0.25, 0.3) is 0 Å². The van der Waals surface area contributed by atoms with E-state index in [1.807, 2.05) is 18.2 Å². The number of halogens is 4. The first kappa shape index (κ1) is 17.6. The maximum atomic E-state index is 12.1. The van der Waals surface area contributed by atoms with Gasteiger partial charge in [-0.05, 0) is 58.5 Å². The van der Waals surface area contributed by atoms with Crippen molar-refractivity contribution in [1.82, 2.24) is 0 Å². The molecule has 0 bridgehead atoms. The standard InChI is InChI=1S/C15H11BrF2INOS/c16-10-3-6-13(12(19)8-10)20-14(22)7-9-1-4-11(5-2-9)21-15(17)18/h1-6,8,15H,7H2,(H,20,22). The molecule has 0 fully saturated rings. The first-order valence-corrected chi connectivity index (χ1v) is 8.50. The minimum absolute atomic E-state index is 0.139. The highest BCUT2D eigenvalue weighted by Crippen LogP contribution is 2.23. The van der Waals surface area contributed by atoms with Gasteiger partial charge in [-0.3, -0.25) is 0 Å². The van der Waals surface area contributed by atoms with Gasteiger partial charge < -0.3 is 10.1 Å². The lowest BCUT2D eigenvalue weighted by molar-refractivity contribution is -0.0498. The predicted octanol–water partition coefficient (Wildman–Crippen LogP) is 5.64. The average Bonchev–Trinajstić information content (AvgIpc) is 2.43. The third-order valence-corrected chi connectivity index (χ3v) is 4.35. The van der Waals surface area contributed by atoms with E-state index >= 15 is 0 Å². The molecule has 116 valence electrons. The number of alkyl halides is 2. The van der Waals surface area contributed by atoms with E-state index in [1.54, 1.807) is 12.1 Å². The van der Waals surface area contributed by atoms with E-state index in [0.717, 1.165) is 19.3 Å². The SMILES string of the molecule is FC(F)Oc1ccc(CC(=S)Nc2ccc(Br)cc2I)cc1. The van der Waals surface area contributed by atoms with E-state index in [9.17, 15) is 8.78 Å². The molecular weight excluding hydrogens is 487 g/mol. The Balaban J connectivity index is 1.97. The molecule has 0 saturated heterocycles. The summed E-state index contributed by atoms with van der Waals surface area (Å²) in [7, 11) is 0. The number of hydrogen-bond donors (Lipinski definition) is 1. The number of benzene rings is 2. The van der Waals surface area contributed by atoms with Gasteiger partial charge in [0.15, 0.2) is 0 Å². The molecular formula is C15H11BrF2INOS. The molecule has 7 heteroatoms. The summed E-state index contributed by atoms with van der Waals surface area (Å²) in [4.78, 5) is 0.655. The van der Waals surface area contributed by atoms with Crippen LogP contribution in [0.5, 0.6) is 5.75 Å². The van der Waals surface area contributed by atoms with Gasteiger partial charge in [0.2, 0.25) is 0 Å². The molecule has 0 spiro atoms. The van der Waals surface area contributed by atoms with Gasteiger partial charge in [0.1, 0.15) is 5.75 Å². The van der Waals surface area contributed by atoms with Crippen LogP contribution in [0.15, 0.2) is 46.9 Å². The van der Waals surface area contributed by atoms with Gasteiger partial charge in [-0.15, -0.1) is 0 Å². The summed E-state index contributed by atoms with van der Waals surface area (Å²) >= 11 is 11.0. The molecule has 2 aromatic rings. The van der Waals surface area contributed by atoms with Crippen molar-refractivity contribution >= 4 is 61.4 Å². The highest BCUT2D eigenvalue weighted by molar-refractivity contribution is 14.1. The maximum absolute atomic E-state index is 12.1. The molecule has 22 heavy (non-hydrogen) atoms. The first-order chi connectivity index (χ1) is 10.4. The summed E-state index contributed by atoms with van der Waals surface area (Å²) in [6, 6.07) is 12.3. The minimum Gasteiger partial charge on any atom is -0.435 e. The van der Waals surface area contributed by atoms with Crippen molar-refractivity contribution in [2.45, 2.75) is 13.0 Å². The van der Waals surface area contributed by atoms with Crippen LogP contribution in [0.1, 0.15) is 5.56 Å². The molecule has 0 aromatic heterocycles. The van der Waals surface area contributed by atoms with Crippen LogP contribution in [0.4, 0.5) is 14.5 Å². The second kappa shape index (κ2) is 8.16. The third kappa shape index (κ3) is 5.44. The number of hydrogen-bond acceptors (Lipinski definition) is 2. The normalized spacial score (nSPS) is 10.6. The molecule has 0 aliphatic rings. The summed E-state index contributed by atoms with van der Waals surface area (Å²) in [6.07, 6.45) is 0.524. The van der Waals surface area contributed by atoms with Gasteiger partial charge in [0, 0.05) is 14.5 Å². The molecule has 0 amide bonds. The number of rotatable bonds is 5. The van der Waals surface area contributed by atoms with Crippen molar-refractivity contribution in [1.29, 1.82) is 0 Å². The van der Waals surface area contributed by atoms with Crippen molar-refractivity contribution in [3.05, 3.63) is 56.1 Å². The molecule has 0 saturated carbocycles. The second-order valence-corrected chi connectivity index (χ2v) is 6.94. The topological polar surface area (TPSA) is 21.3 Å². The Labute approximate surface area is 154 Å². The molecule has 0 aliphatic carbocycles. The monoisotopic (exact) mass is 497 g/mol. The zero-order chi connectivity index (χ0) is 16.1. The zero-order valence-electron chi connectivity index (χ0n) is 11.2. The zero-order valence-corrected chi connectivity index (χ0v) is 15.7. The Morgan fingerprint density at radius 1 is 1.23 bits per heavy atom. The third-order valence-electron chi connectivity index (χ3n) is 2.72. The van der Waals surface area contributed by atoms with Gasteiger partial charge >= 0.3 is 6.61 Å². The Hall–Kier alpha value is -0.800. The lowest BCUT2D eigenvalue weighted by Gasteiger charge is -2.11. The average molecular weight is 498 g/mol. The minimum atomic E-state index is -2.81. The molecule has 2 aromatic carbocycles. The summed E-state index contributed by atoms with van der Waals surface area (Å²) in [5.41, 5.74) is 1.86. The fraction of sp³-hybridized carbons (Fsp3) is 0.133. The van der Waals surface area contributed by atoms with Crippen LogP contribution < -0.4 is 10.1 Å². The first-order valence-electron chi connectivity index (χ1n) is 6.22. The van der Waals surface area contributed by atoms with Crippen LogP contribution in [0.2, 0.25) is 0 Å². The number of anilines is 1. The Bertz CT molecular complexity index is 667. The number of nitrogens with one attached hydrogen (secondary N) is 1. The maximum Gasteiger partial charge on any atom is 0.387 e. The van der Waals surface area contributed by atoms with Crippen LogP contribution in [-0.4, -0.2) is 11.6 Å². The van der Waals surface area contributed by atoms with Crippen LogP contribution in [-0.2, 0) is 6.42 Å². The second-order valence-electron chi connectivity index (χ2n) is 4.37.